The molecule has 1 aromatic heterocycles. The minimum absolute atomic E-state index is 0.0902. The number of rotatable bonds is 6. The Morgan fingerprint density at radius 1 is 1.27 bits per heavy atom. The third kappa shape index (κ3) is 3.88. The van der Waals surface area contributed by atoms with E-state index in [2.05, 4.69) is 10.3 Å². The second-order valence-electron chi connectivity index (χ2n) is 8.80. The van der Waals surface area contributed by atoms with E-state index >= 15 is 0 Å². The van der Waals surface area contributed by atoms with E-state index in [1.165, 1.54) is 4.90 Å². The molecule has 1 saturated heterocycles. The Labute approximate surface area is 193 Å². The van der Waals surface area contributed by atoms with Gasteiger partial charge in [-0.15, -0.1) is 5.10 Å². The monoisotopic (exact) mass is 450 g/mol. The van der Waals surface area contributed by atoms with E-state index in [1.807, 2.05) is 62.7 Å². The summed E-state index contributed by atoms with van der Waals surface area (Å²) in [6.07, 6.45) is -0.601. The molecule has 2 heterocycles. The molecule has 3 aromatic rings. The molecule has 4 rings (SSSR count). The Bertz CT molecular complexity index is 1220. The zero-order valence-electron chi connectivity index (χ0n) is 19.7. The van der Waals surface area contributed by atoms with E-state index in [-0.39, 0.29) is 31.1 Å². The van der Waals surface area contributed by atoms with Crippen LogP contribution in [0.5, 0.6) is 0 Å². The van der Waals surface area contributed by atoms with Crippen molar-refractivity contribution < 1.29 is 19.4 Å². The summed E-state index contributed by atoms with van der Waals surface area (Å²) in [4.78, 5) is 27.0. The van der Waals surface area contributed by atoms with Gasteiger partial charge in [0.05, 0.1) is 18.2 Å². The number of amides is 2. The molecule has 1 N–H and O–H groups in total. The quantitative estimate of drug-likeness (QED) is 0.615. The maximum absolute atomic E-state index is 13.5. The van der Waals surface area contributed by atoms with Crippen molar-refractivity contribution in [3.63, 3.8) is 0 Å². The molecule has 0 saturated carbocycles. The van der Waals surface area contributed by atoms with E-state index in [4.69, 9.17) is 4.74 Å². The maximum Gasteiger partial charge on any atom is 0.416 e. The van der Waals surface area contributed by atoms with Crippen molar-refractivity contribution in [1.29, 1.82) is 0 Å². The van der Waals surface area contributed by atoms with Crippen molar-refractivity contribution >= 4 is 23.0 Å². The molecule has 3 atom stereocenters. The van der Waals surface area contributed by atoms with E-state index in [0.29, 0.717) is 6.54 Å². The average Bonchev–Trinajstić information content (AvgIpc) is 3.38. The number of ether oxygens (including phenoxy) is 1. The molecule has 8 heteroatoms. The van der Waals surface area contributed by atoms with Crippen LogP contribution >= 0.6 is 0 Å². The fourth-order valence-electron chi connectivity index (χ4n) is 4.73. The van der Waals surface area contributed by atoms with Crippen molar-refractivity contribution in [3.8, 4) is 0 Å². The highest BCUT2D eigenvalue weighted by Gasteiger charge is 2.40. The lowest BCUT2D eigenvalue weighted by atomic mass is 9.78. The Kier molecular flexibility index (Phi) is 6.21. The van der Waals surface area contributed by atoms with Crippen molar-refractivity contribution in [2.45, 2.75) is 59.7 Å². The third-order valence-electron chi connectivity index (χ3n) is 6.73. The number of aliphatic hydroxyl groups is 1. The topological polar surface area (TPSA) is 97.5 Å². The van der Waals surface area contributed by atoms with Crippen molar-refractivity contribution in [3.05, 3.63) is 58.1 Å². The number of hydrogen-bond donors (Lipinski definition) is 1. The van der Waals surface area contributed by atoms with E-state index in [0.717, 1.165) is 38.9 Å². The second-order valence-corrected chi connectivity index (χ2v) is 8.80. The number of hydrogen-bond acceptors (Lipinski definition) is 6. The number of carbonyl (C=O) groups is 2. The normalized spacial score (nSPS) is 17.9. The molecular formula is C25H30N4O4. The van der Waals surface area contributed by atoms with Gasteiger partial charge in [0.1, 0.15) is 12.1 Å². The Balaban J connectivity index is 1.86. The van der Waals surface area contributed by atoms with Gasteiger partial charge in [0.15, 0.2) is 0 Å². The van der Waals surface area contributed by atoms with E-state index in [1.54, 1.807) is 6.92 Å². The van der Waals surface area contributed by atoms with Gasteiger partial charge in [-0.05, 0) is 61.6 Å². The van der Waals surface area contributed by atoms with E-state index in [9.17, 15) is 14.7 Å². The molecule has 1 aliphatic rings. The molecule has 0 spiro atoms. The van der Waals surface area contributed by atoms with Gasteiger partial charge in [-0.1, -0.05) is 36.4 Å². The van der Waals surface area contributed by atoms with Crippen LogP contribution in [0.15, 0.2) is 30.3 Å². The van der Waals surface area contributed by atoms with Crippen LogP contribution in [-0.4, -0.2) is 49.6 Å². The first-order valence-corrected chi connectivity index (χ1v) is 11.3. The summed E-state index contributed by atoms with van der Waals surface area (Å²) in [7, 11) is 0. The summed E-state index contributed by atoms with van der Waals surface area (Å²) in [5, 5.41) is 18.5. The predicted octanol–water partition coefficient (Wildman–Crippen LogP) is 3.70. The first-order valence-electron chi connectivity index (χ1n) is 11.3. The van der Waals surface area contributed by atoms with Crippen LogP contribution in [0.3, 0.4) is 0 Å². The Morgan fingerprint density at radius 3 is 2.67 bits per heavy atom. The minimum atomic E-state index is -0.601. The van der Waals surface area contributed by atoms with Gasteiger partial charge < -0.3 is 9.84 Å². The molecule has 33 heavy (non-hydrogen) atoms. The van der Waals surface area contributed by atoms with Crippen LogP contribution in [0.2, 0.25) is 0 Å². The van der Waals surface area contributed by atoms with Gasteiger partial charge in [-0.25, -0.2) is 14.4 Å². The highest BCUT2D eigenvalue weighted by Crippen LogP contribution is 2.38. The summed E-state index contributed by atoms with van der Waals surface area (Å²) < 4.78 is 6.94. The van der Waals surface area contributed by atoms with Crippen molar-refractivity contribution in [1.82, 2.24) is 19.9 Å². The average molecular weight is 451 g/mol. The second kappa shape index (κ2) is 8.94. The molecule has 1 aliphatic heterocycles. The SMILES string of the molecule is CCn1nnc2c(C)c([C@H](c3ccc(C)c(CO)c3)[C@@H](C)C(=O)N3C(=O)OC[C@H]3C)ccc21. The van der Waals surface area contributed by atoms with Crippen LogP contribution in [0.4, 0.5) is 4.79 Å². The Hall–Kier alpha value is -3.26. The standard InChI is InChI=1S/C25H30N4O4/c1-6-28-21-10-9-20(16(4)23(21)26-27-28)22(18-8-7-14(2)19(11-18)12-30)17(5)24(31)29-15(3)13-33-25(29)32/h7-11,15,17,22,30H,6,12-13H2,1-5H3/t15-,17-,22+/m1/s1. The fourth-order valence-corrected chi connectivity index (χ4v) is 4.73. The minimum Gasteiger partial charge on any atom is -0.447 e. The molecule has 0 bridgehead atoms. The lowest BCUT2D eigenvalue weighted by molar-refractivity contribution is -0.133. The summed E-state index contributed by atoms with van der Waals surface area (Å²) in [6.45, 7) is 10.4. The zero-order chi connectivity index (χ0) is 23.9. The summed E-state index contributed by atoms with van der Waals surface area (Å²) in [6, 6.07) is 9.58. The van der Waals surface area contributed by atoms with Crippen LogP contribution in [0.1, 0.15) is 54.5 Å². The number of aromatic nitrogens is 3. The number of imide groups is 1. The van der Waals surface area contributed by atoms with Crippen LogP contribution in [-0.2, 0) is 22.7 Å². The van der Waals surface area contributed by atoms with Crippen molar-refractivity contribution in [2.24, 2.45) is 5.92 Å². The molecular weight excluding hydrogens is 420 g/mol. The number of cyclic esters (lactones) is 1. The number of nitrogens with zero attached hydrogens (tertiary/aromatic N) is 4. The van der Waals surface area contributed by atoms with Gasteiger partial charge in [-0.2, -0.15) is 0 Å². The lowest BCUT2D eigenvalue weighted by Gasteiger charge is -2.29. The predicted molar refractivity (Wildman–Crippen MR) is 124 cm³/mol. The number of fused-ring (bicyclic) bond motifs is 1. The molecule has 8 nitrogen and oxygen atoms in total. The van der Waals surface area contributed by atoms with Crippen LogP contribution in [0, 0.1) is 19.8 Å². The first-order chi connectivity index (χ1) is 15.8. The molecule has 174 valence electrons. The highest BCUT2D eigenvalue weighted by molar-refractivity contribution is 5.95. The summed E-state index contributed by atoms with van der Waals surface area (Å²) >= 11 is 0. The van der Waals surface area contributed by atoms with Crippen LogP contribution in [0.25, 0.3) is 11.0 Å². The van der Waals surface area contributed by atoms with Gasteiger partial charge in [0.2, 0.25) is 5.91 Å². The van der Waals surface area contributed by atoms with Gasteiger partial charge in [0.25, 0.3) is 0 Å². The number of carbonyl (C=O) groups excluding carboxylic acids is 2. The molecule has 2 aromatic carbocycles. The molecule has 0 aliphatic carbocycles. The van der Waals surface area contributed by atoms with Gasteiger partial charge >= 0.3 is 6.09 Å². The zero-order valence-corrected chi connectivity index (χ0v) is 19.7. The van der Waals surface area contributed by atoms with Gasteiger partial charge in [-0.3, -0.25) is 4.79 Å². The summed E-state index contributed by atoms with van der Waals surface area (Å²) in [5.74, 6) is -1.18. The van der Waals surface area contributed by atoms with Crippen molar-refractivity contribution in [2.75, 3.05) is 6.61 Å². The number of aliphatic hydroxyl groups excluding tert-OH is 1. The van der Waals surface area contributed by atoms with Gasteiger partial charge in [0, 0.05) is 18.4 Å². The largest absolute Gasteiger partial charge is 0.447 e. The maximum atomic E-state index is 13.5. The highest BCUT2D eigenvalue weighted by atomic mass is 16.6. The molecule has 1 fully saturated rings. The molecule has 0 radical (unpaired) electrons. The fraction of sp³-hybridized carbons (Fsp3) is 0.440. The lowest BCUT2D eigenvalue weighted by Crippen LogP contribution is -2.42. The molecule has 2 amide bonds. The third-order valence-corrected chi connectivity index (χ3v) is 6.73. The Morgan fingerprint density at radius 2 is 2.03 bits per heavy atom. The first kappa shape index (κ1) is 22.9. The van der Waals surface area contributed by atoms with Crippen LogP contribution < -0.4 is 0 Å². The smallest absolute Gasteiger partial charge is 0.416 e. The van der Waals surface area contributed by atoms with E-state index < -0.39 is 12.0 Å². The number of aryl methyl sites for hydroxylation is 3. The molecule has 0 unspecified atom stereocenters. The number of benzene rings is 2. The summed E-state index contributed by atoms with van der Waals surface area (Å²) in [5.41, 5.74) is 6.31.